The van der Waals surface area contributed by atoms with E-state index in [1.54, 1.807) is 0 Å². The molecule has 0 aromatic heterocycles. The average Bonchev–Trinajstić information content (AvgIpc) is 2.40. The fraction of sp³-hybridized carbons (Fsp3) is 0.929. The summed E-state index contributed by atoms with van der Waals surface area (Å²) >= 11 is 0. The van der Waals surface area contributed by atoms with Gasteiger partial charge in [-0.3, -0.25) is 4.79 Å². The molecule has 4 nitrogen and oxygen atoms in total. The quantitative estimate of drug-likeness (QED) is 0.813. The molecule has 0 spiro atoms. The molecular weight excluding hydrogens is 228 g/mol. The zero-order chi connectivity index (χ0) is 13.6. The van der Waals surface area contributed by atoms with Crippen molar-refractivity contribution in [3.05, 3.63) is 0 Å². The molecule has 2 fully saturated rings. The summed E-state index contributed by atoms with van der Waals surface area (Å²) < 4.78 is 6.10. The Hall–Kier alpha value is -0.610. The summed E-state index contributed by atoms with van der Waals surface area (Å²) in [4.78, 5) is 13.3. The Labute approximate surface area is 110 Å². The highest BCUT2D eigenvalue weighted by Gasteiger charge is 2.46. The molecule has 2 heterocycles. The predicted molar refractivity (Wildman–Crippen MR) is 71.4 cm³/mol. The Morgan fingerprint density at radius 3 is 2.50 bits per heavy atom. The second-order valence-corrected chi connectivity index (χ2v) is 6.90. The zero-order valence-corrected chi connectivity index (χ0v) is 12.2. The van der Waals surface area contributed by atoms with Gasteiger partial charge in [0, 0.05) is 32.1 Å². The Bertz CT molecular complexity index is 339. The van der Waals surface area contributed by atoms with Crippen LogP contribution in [0.15, 0.2) is 0 Å². The fourth-order valence-corrected chi connectivity index (χ4v) is 3.25. The van der Waals surface area contributed by atoms with Crippen molar-refractivity contribution in [3.63, 3.8) is 0 Å². The maximum absolute atomic E-state index is 11.5. The van der Waals surface area contributed by atoms with Gasteiger partial charge in [-0.2, -0.15) is 0 Å². The average molecular weight is 254 g/mol. The van der Waals surface area contributed by atoms with Crippen molar-refractivity contribution in [2.75, 3.05) is 13.6 Å². The molecule has 2 aliphatic heterocycles. The van der Waals surface area contributed by atoms with E-state index in [1.165, 1.54) is 0 Å². The van der Waals surface area contributed by atoms with Crippen molar-refractivity contribution < 1.29 is 9.53 Å². The van der Waals surface area contributed by atoms with Gasteiger partial charge in [-0.15, -0.1) is 0 Å². The summed E-state index contributed by atoms with van der Waals surface area (Å²) in [7, 11) is 1.89. The third-order valence-electron chi connectivity index (χ3n) is 4.14. The van der Waals surface area contributed by atoms with Gasteiger partial charge < -0.3 is 15.0 Å². The topological polar surface area (TPSA) is 41.6 Å². The van der Waals surface area contributed by atoms with Gasteiger partial charge in [0.05, 0.1) is 11.2 Å². The summed E-state index contributed by atoms with van der Waals surface area (Å²) in [6.45, 7) is 9.40. The summed E-state index contributed by atoms with van der Waals surface area (Å²) in [6.07, 6.45) is 2.62. The lowest BCUT2D eigenvalue weighted by Crippen LogP contribution is -2.54. The van der Waals surface area contributed by atoms with E-state index in [4.69, 9.17) is 4.74 Å². The number of nitrogens with one attached hydrogen (secondary N) is 1. The fourth-order valence-electron chi connectivity index (χ4n) is 3.25. The minimum atomic E-state index is -0.135. The van der Waals surface area contributed by atoms with E-state index in [9.17, 15) is 4.79 Å². The van der Waals surface area contributed by atoms with Crippen LogP contribution < -0.4 is 5.32 Å². The number of carbonyl (C=O) groups is 1. The van der Waals surface area contributed by atoms with Gasteiger partial charge in [-0.25, -0.2) is 0 Å². The van der Waals surface area contributed by atoms with Gasteiger partial charge in [0.2, 0.25) is 5.91 Å². The number of likely N-dealkylation sites (tertiary alicyclic amines) is 1. The minimum absolute atomic E-state index is 0.0580. The molecular formula is C14H26N2O2. The van der Waals surface area contributed by atoms with E-state index in [0.717, 1.165) is 19.4 Å². The maximum atomic E-state index is 11.5. The number of hydrogen-bond acceptors (Lipinski definition) is 3. The third kappa shape index (κ3) is 2.86. The molecule has 2 aliphatic rings. The van der Waals surface area contributed by atoms with Crippen LogP contribution in [0, 0.1) is 0 Å². The molecule has 0 aromatic carbocycles. The number of hydrogen-bond donors (Lipinski definition) is 1. The monoisotopic (exact) mass is 254 g/mol. The van der Waals surface area contributed by atoms with E-state index in [1.807, 2.05) is 11.9 Å². The van der Waals surface area contributed by atoms with Crippen LogP contribution in [0.2, 0.25) is 0 Å². The summed E-state index contributed by atoms with van der Waals surface area (Å²) in [6, 6.07) is 0.758. The molecule has 1 N–H and O–H groups in total. The lowest BCUT2D eigenvalue weighted by Gasteiger charge is -2.35. The number of rotatable bonds is 2. The van der Waals surface area contributed by atoms with Gasteiger partial charge in [0.1, 0.15) is 0 Å². The summed E-state index contributed by atoms with van der Waals surface area (Å²) in [5.41, 5.74) is -0.193. The first-order chi connectivity index (χ1) is 8.20. The number of carbonyl (C=O) groups excluding carboxylic acids is 1. The molecule has 4 heteroatoms. The van der Waals surface area contributed by atoms with Crippen LogP contribution in [-0.2, 0) is 9.53 Å². The Morgan fingerprint density at radius 1 is 1.33 bits per heavy atom. The molecule has 0 aromatic rings. The van der Waals surface area contributed by atoms with E-state index in [-0.39, 0.29) is 17.1 Å². The van der Waals surface area contributed by atoms with Crippen LogP contribution in [-0.4, -0.2) is 47.7 Å². The van der Waals surface area contributed by atoms with Crippen molar-refractivity contribution in [2.45, 2.75) is 70.2 Å². The summed E-state index contributed by atoms with van der Waals surface area (Å²) in [5.74, 6) is 0.260. The number of piperidine rings is 1. The molecule has 1 amide bonds. The maximum Gasteiger partial charge on any atom is 0.222 e. The first kappa shape index (κ1) is 13.8. The summed E-state index contributed by atoms with van der Waals surface area (Å²) in [5, 5.41) is 3.70. The van der Waals surface area contributed by atoms with Crippen molar-refractivity contribution in [3.8, 4) is 0 Å². The van der Waals surface area contributed by atoms with E-state index in [0.29, 0.717) is 18.5 Å². The van der Waals surface area contributed by atoms with Crippen LogP contribution in [0.3, 0.4) is 0 Å². The molecule has 2 atom stereocenters. The lowest BCUT2D eigenvalue weighted by molar-refractivity contribution is -0.132. The van der Waals surface area contributed by atoms with Gasteiger partial charge in [0.15, 0.2) is 0 Å². The van der Waals surface area contributed by atoms with Crippen molar-refractivity contribution in [1.29, 1.82) is 0 Å². The third-order valence-corrected chi connectivity index (χ3v) is 4.14. The second-order valence-electron chi connectivity index (χ2n) is 6.90. The van der Waals surface area contributed by atoms with E-state index < -0.39 is 0 Å². The molecule has 0 bridgehead atoms. The lowest BCUT2D eigenvalue weighted by atomic mass is 9.92. The number of amides is 1. The van der Waals surface area contributed by atoms with Gasteiger partial charge >= 0.3 is 0 Å². The second kappa shape index (κ2) is 4.49. The number of likely N-dealkylation sites (N-methyl/N-ethyl adjacent to an activating group) is 1. The van der Waals surface area contributed by atoms with E-state index in [2.05, 4.69) is 33.0 Å². The number of ether oxygens (including phenoxy) is 1. The molecule has 2 unspecified atom stereocenters. The highest BCUT2D eigenvalue weighted by Crippen LogP contribution is 2.37. The Morgan fingerprint density at radius 2 is 2.00 bits per heavy atom. The van der Waals surface area contributed by atoms with Gasteiger partial charge in [0.25, 0.3) is 0 Å². The molecule has 0 aliphatic carbocycles. The first-order valence-electron chi connectivity index (χ1n) is 6.90. The van der Waals surface area contributed by atoms with Crippen LogP contribution in [0.1, 0.15) is 47.0 Å². The smallest absolute Gasteiger partial charge is 0.222 e. The minimum Gasteiger partial charge on any atom is -0.368 e. The van der Waals surface area contributed by atoms with Crippen LogP contribution >= 0.6 is 0 Å². The Balaban J connectivity index is 1.96. The molecule has 0 saturated carbocycles. The van der Waals surface area contributed by atoms with E-state index >= 15 is 0 Å². The zero-order valence-electron chi connectivity index (χ0n) is 12.2. The van der Waals surface area contributed by atoms with Crippen LogP contribution in [0.4, 0.5) is 0 Å². The molecule has 18 heavy (non-hydrogen) atoms. The van der Waals surface area contributed by atoms with Gasteiger partial charge in [-0.05, 0) is 40.5 Å². The SMILES string of the molecule is CN1CC(NC2CC(C)(C)OC2(C)C)CCC1=O. The van der Waals surface area contributed by atoms with Crippen molar-refractivity contribution in [1.82, 2.24) is 10.2 Å². The normalized spacial score (nSPS) is 34.9. The standard InChI is InChI=1S/C14H26N2O2/c1-13(2)8-11(14(3,4)18-13)15-10-6-7-12(17)16(5)9-10/h10-11,15H,6-9H2,1-5H3. The van der Waals surface area contributed by atoms with Crippen LogP contribution in [0.25, 0.3) is 0 Å². The Kier molecular flexibility index (Phi) is 3.45. The molecule has 2 rings (SSSR count). The van der Waals surface area contributed by atoms with Gasteiger partial charge in [-0.1, -0.05) is 0 Å². The first-order valence-corrected chi connectivity index (χ1v) is 6.90. The van der Waals surface area contributed by atoms with Crippen molar-refractivity contribution >= 4 is 5.91 Å². The molecule has 2 saturated heterocycles. The van der Waals surface area contributed by atoms with Crippen LogP contribution in [0.5, 0.6) is 0 Å². The molecule has 104 valence electrons. The highest BCUT2D eigenvalue weighted by atomic mass is 16.5. The van der Waals surface area contributed by atoms with Crippen molar-refractivity contribution in [2.24, 2.45) is 0 Å². The largest absolute Gasteiger partial charge is 0.368 e. The highest BCUT2D eigenvalue weighted by molar-refractivity contribution is 5.76. The number of nitrogens with zero attached hydrogens (tertiary/aromatic N) is 1. The molecule has 0 radical (unpaired) electrons. The predicted octanol–water partition coefficient (Wildman–Crippen LogP) is 1.54.